The summed E-state index contributed by atoms with van der Waals surface area (Å²) in [6.07, 6.45) is 2.25. The van der Waals surface area contributed by atoms with Crippen molar-refractivity contribution in [1.29, 1.82) is 0 Å². The van der Waals surface area contributed by atoms with Gasteiger partial charge in [0.25, 0.3) is 0 Å². The van der Waals surface area contributed by atoms with Gasteiger partial charge in [0.2, 0.25) is 15.9 Å². The van der Waals surface area contributed by atoms with Crippen LogP contribution in [0.15, 0.2) is 30.3 Å². The predicted octanol–water partition coefficient (Wildman–Crippen LogP) is 0.706. The first kappa shape index (κ1) is 17.4. The summed E-state index contributed by atoms with van der Waals surface area (Å²) < 4.78 is 26.6. The van der Waals surface area contributed by atoms with E-state index in [-0.39, 0.29) is 23.6 Å². The van der Waals surface area contributed by atoms with Crippen molar-refractivity contribution < 1.29 is 13.2 Å². The van der Waals surface area contributed by atoms with Crippen LogP contribution in [0.5, 0.6) is 0 Å². The van der Waals surface area contributed by atoms with E-state index in [4.69, 9.17) is 0 Å². The Morgan fingerprint density at radius 3 is 2.50 bits per heavy atom. The van der Waals surface area contributed by atoms with Crippen molar-refractivity contribution in [1.82, 2.24) is 14.9 Å². The number of carbonyl (C=O) groups excluding carboxylic acids is 1. The molecular formula is C17H25N3O3S. The molecule has 6 nitrogen and oxygen atoms in total. The van der Waals surface area contributed by atoms with E-state index in [1.54, 1.807) is 4.31 Å². The fourth-order valence-corrected chi connectivity index (χ4v) is 4.92. The second kappa shape index (κ2) is 7.63. The van der Waals surface area contributed by atoms with Crippen molar-refractivity contribution in [2.45, 2.75) is 31.1 Å². The van der Waals surface area contributed by atoms with Gasteiger partial charge in [-0.3, -0.25) is 4.79 Å². The number of hydrogen-bond acceptors (Lipinski definition) is 4. The molecule has 3 rings (SSSR count). The van der Waals surface area contributed by atoms with Crippen molar-refractivity contribution in [2.24, 2.45) is 5.92 Å². The molecule has 0 bridgehead atoms. The third-order valence-electron chi connectivity index (χ3n) is 4.82. The van der Waals surface area contributed by atoms with Gasteiger partial charge >= 0.3 is 0 Å². The summed E-state index contributed by atoms with van der Waals surface area (Å²) in [6.45, 7) is 2.59. The highest BCUT2D eigenvalue weighted by Crippen LogP contribution is 2.18. The van der Waals surface area contributed by atoms with Gasteiger partial charge in [0.05, 0.1) is 11.7 Å². The first-order valence-electron chi connectivity index (χ1n) is 8.57. The van der Waals surface area contributed by atoms with Gasteiger partial charge in [-0.2, -0.15) is 0 Å². The molecule has 0 aromatic heterocycles. The zero-order valence-electron chi connectivity index (χ0n) is 13.8. The minimum Gasteiger partial charge on any atom is -0.353 e. The molecule has 7 heteroatoms. The van der Waals surface area contributed by atoms with Crippen LogP contribution in [-0.4, -0.2) is 50.9 Å². The van der Waals surface area contributed by atoms with Gasteiger partial charge in [-0.15, -0.1) is 0 Å². The van der Waals surface area contributed by atoms with E-state index in [1.807, 2.05) is 30.3 Å². The molecule has 132 valence electrons. The Morgan fingerprint density at radius 1 is 1.17 bits per heavy atom. The molecule has 2 aliphatic rings. The zero-order valence-corrected chi connectivity index (χ0v) is 14.6. The van der Waals surface area contributed by atoms with Gasteiger partial charge in [0.1, 0.15) is 0 Å². The van der Waals surface area contributed by atoms with Crippen LogP contribution in [-0.2, 0) is 20.6 Å². The van der Waals surface area contributed by atoms with Crippen molar-refractivity contribution in [2.75, 3.05) is 26.2 Å². The molecular weight excluding hydrogens is 326 g/mol. The minimum atomic E-state index is -3.29. The van der Waals surface area contributed by atoms with E-state index in [2.05, 4.69) is 10.6 Å². The number of rotatable bonds is 5. The zero-order chi connectivity index (χ0) is 17.0. The van der Waals surface area contributed by atoms with Gasteiger partial charge in [-0.05, 0) is 31.4 Å². The summed E-state index contributed by atoms with van der Waals surface area (Å²) in [5.41, 5.74) is 0.807. The smallest absolute Gasteiger partial charge is 0.224 e. The van der Waals surface area contributed by atoms with Crippen LogP contribution in [0.2, 0.25) is 0 Å². The number of piperidine rings is 1. The Bertz CT molecular complexity index is 649. The molecule has 2 saturated heterocycles. The van der Waals surface area contributed by atoms with Gasteiger partial charge in [0, 0.05) is 25.7 Å². The van der Waals surface area contributed by atoms with Gasteiger partial charge in [0.15, 0.2) is 0 Å². The number of nitrogens with zero attached hydrogens (tertiary/aromatic N) is 1. The second-order valence-corrected chi connectivity index (χ2v) is 8.58. The third-order valence-corrected chi connectivity index (χ3v) is 6.67. The maximum atomic E-state index is 12.5. The molecule has 2 fully saturated rings. The van der Waals surface area contributed by atoms with Crippen LogP contribution in [0.4, 0.5) is 0 Å². The van der Waals surface area contributed by atoms with Crippen molar-refractivity contribution >= 4 is 15.9 Å². The molecule has 1 amide bonds. The normalized spacial score (nSPS) is 23.2. The Morgan fingerprint density at radius 2 is 1.88 bits per heavy atom. The first-order valence-corrected chi connectivity index (χ1v) is 10.2. The lowest BCUT2D eigenvalue weighted by Gasteiger charge is -2.32. The van der Waals surface area contributed by atoms with Gasteiger partial charge < -0.3 is 10.6 Å². The summed E-state index contributed by atoms with van der Waals surface area (Å²) in [6, 6.07) is 9.33. The summed E-state index contributed by atoms with van der Waals surface area (Å²) in [5.74, 6) is 0.203. The van der Waals surface area contributed by atoms with Crippen LogP contribution in [0.1, 0.15) is 24.8 Å². The molecule has 0 aliphatic carbocycles. The molecule has 0 spiro atoms. The first-order chi connectivity index (χ1) is 11.5. The second-order valence-electron chi connectivity index (χ2n) is 6.61. The van der Waals surface area contributed by atoms with Crippen molar-refractivity contribution in [3.8, 4) is 0 Å². The Balaban J connectivity index is 1.50. The van der Waals surface area contributed by atoms with Crippen molar-refractivity contribution in [3.05, 3.63) is 35.9 Å². The highest BCUT2D eigenvalue weighted by Gasteiger charge is 2.30. The van der Waals surface area contributed by atoms with E-state index < -0.39 is 10.0 Å². The van der Waals surface area contributed by atoms with Crippen LogP contribution >= 0.6 is 0 Å². The number of hydrogen-bond donors (Lipinski definition) is 2. The average molecular weight is 351 g/mol. The van der Waals surface area contributed by atoms with E-state index in [9.17, 15) is 13.2 Å². The maximum absolute atomic E-state index is 12.5. The topological polar surface area (TPSA) is 78.5 Å². The van der Waals surface area contributed by atoms with E-state index in [0.717, 1.165) is 25.1 Å². The Kier molecular flexibility index (Phi) is 5.53. The maximum Gasteiger partial charge on any atom is 0.224 e. The number of carbonyl (C=O) groups is 1. The predicted molar refractivity (Wildman–Crippen MR) is 92.8 cm³/mol. The molecule has 2 heterocycles. The summed E-state index contributed by atoms with van der Waals surface area (Å²) in [7, 11) is -3.29. The fourth-order valence-electron chi connectivity index (χ4n) is 3.35. The van der Waals surface area contributed by atoms with E-state index >= 15 is 0 Å². The molecule has 2 N–H and O–H groups in total. The molecule has 24 heavy (non-hydrogen) atoms. The lowest BCUT2D eigenvalue weighted by Crippen LogP contribution is -2.48. The molecule has 1 atom stereocenters. The SMILES string of the molecule is O=C(NC1CCN(S(=O)(=O)Cc2ccccc2)CC1)C1CCNC1. The van der Waals surface area contributed by atoms with Crippen LogP contribution in [0.3, 0.4) is 0 Å². The molecule has 1 aromatic carbocycles. The lowest BCUT2D eigenvalue weighted by molar-refractivity contribution is -0.125. The quantitative estimate of drug-likeness (QED) is 0.819. The Hall–Kier alpha value is -1.44. The van der Waals surface area contributed by atoms with Crippen LogP contribution in [0, 0.1) is 5.92 Å². The Labute approximate surface area is 143 Å². The summed E-state index contributed by atoms with van der Waals surface area (Å²) in [4.78, 5) is 12.2. The summed E-state index contributed by atoms with van der Waals surface area (Å²) in [5, 5.41) is 6.27. The van der Waals surface area contributed by atoms with Gasteiger partial charge in [-0.1, -0.05) is 30.3 Å². The highest BCUT2D eigenvalue weighted by atomic mass is 32.2. The van der Waals surface area contributed by atoms with E-state index in [0.29, 0.717) is 25.9 Å². The molecule has 2 aliphatic heterocycles. The third kappa shape index (κ3) is 4.34. The molecule has 0 saturated carbocycles. The number of benzene rings is 1. The standard InChI is InChI=1S/C17H25N3O3S/c21-17(15-6-9-18-12-15)19-16-7-10-20(11-8-16)24(22,23)13-14-4-2-1-3-5-14/h1-5,15-16,18H,6-13H2,(H,19,21). The van der Waals surface area contributed by atoms with Gasteiger partial charge in [-0.25, -0.2) is 12.7 Å². The van der Waals surface area contributed by atoms with Crippen molar-refractivity contribution in [3.63, 3.8) is 0 Å². The number of amides is 1. The molecule has 0 radical (unpaired) electrons. The largest absolute Gasteiger partial charge is 0.353 e. The van der Waals surface area contributed by atoms with E-state index in [1.165, 1.54) is 0 Å². The van der Waals surface area contributed by atoms with Crippen LogP contribution < -0.4 is 10.6 Å². The number of nitrogens with one attached hydrogen (secondary N) is 2. The fraction of sp³-hybridized carbons (Fsp3) is 0.588. The monoisotopic (exact) mass is 351 g/mol. The number of sulfonamides is 1. The highest BCUT2D eigenvalue weighted by molar-refractivity contribution is 7.88. The minimum absolute atomic E-state index is 0.0403. The molecule has 1 aromatic rings. The van der Waals surface area contributed by atoms with Crippen LogP contribution in [0.25, 0.3) is 0 Å². The average Bonchev–Trinajstić information content (AvgIpc) is 3.10. The lowest BCUT2D eigenvalue weighted by atomic mass is 10.0. The summed E-state index contributed by atoms with van der Waals surface area (Å²) >= 11 is 0. The molecule has 1 unspecified atom stereocenters.